The van der Waals surface area contributed by atoms with Gasteiger partial charge in [0.15, 0.2) is 5.11 Å². The van der Waals surface area contributed by atoms with Crippen LogP contribution in [-0.4, -0.2) is 54.6 Å². The molecule has 0 aromatic carbocycles. The molecule has 0 aliphatic heterocycles. The van der Waals surface area contributed by atoms with Crippen LogP contribution < -0.4 is 30.9 Å². The highest BCUT2D eigenvalue weighted by atomic mass is 32.2. The van der Waals surface area contributed by atoms with E-state index in [-0.39, 0.29) is 33.4 Å². The fourth-order valence-corrected chi connectivity index (χ4v) is 7.66. The second-order valence-corrected chi connectivity index (χ2v) is 13.1. The number of aryl methyl sites for hydroxylation is 2. The average molecular weight is 608 g/mol. The first kappa shape index (κ1) is 27.9. The molecule has 11 nitrogen and oxygen atoms in total. The van der Waals surface area contributed by atoms with Gasteiger partial charge in [-0.25, -0.2) is 22.2 Å². The highest BCUT2D eigenvalue weighted by Gasteiger charge is 2.44. The Morgan fingerprint density at radius 2 is 2.08 bits per heavy atom. The Bertz CT molecular complexity index is 1360. The Morgan fingerprint density at radius 3 is 2.74 bits per heavy atom. The van der Waals surface area contributed by atoms with Gasteiger partial charge < -0.3 is 15.4 Å². The summed E-state index contributed by atoms with van der Waals surface area (Å²) in [4.78, 5) is 13.4. The number of rotatable bonds is 11. The Labute approximate surface area is 232 Å². The van der Waals surface area contributed by atoms with E-state index in [4.69, 9.17) is 12.2 Å². The third-order valence-corrected chi connectivity index (χ3v) is 9.82. The van der Waals surface area contributed by atoms with E-state index in [0.29, 0.717) is 43.1 Å². The quantitative estimate of drug-likeness (QED) is 0.193. The van der Waals surface area contributed by atoms with Gasteiger partial charge in [-0.3, -0.25) is 15.6 Å². The van der Waals surface area contributed by atoms with Gasteiger partial charge in [0.25, 0.3) is 0 Å². The Kier molecular flexibility index (Phi) is 7.94. The van der Waals surface area contributed by atoms with Gasteiger partial charge in [-0.05, 0) is 62.2 Å². The van der Waals surface area contributed by atoms with Crippen molar-refractivity contribution in [1.29, 1.82) is 0 Å². The maximum Gasteiger partial charge on any atom is 0.388 e. The van der Waals surface area contributed by atoms with Crippen LogP contribution in [0, 0.1) is 11.8 Å². The van der Waals surface area contributed by atoms with E-state index >= 15 is 0 Å². The smallest absolute Gasteiger partial charge is 0.388 e. The second kappa shape index (κ2) is 11.1. The standard InChI is InChI=1S/C22H28F3N7O4S3/c1-32-16(8-17(31-32)36-21(24)25)29-30-22(37)27-11-4-5-15-13(6-11)18(39(34,35)26-9-10-2-3-10)20(38-15)28-19(33)12-7-14(12)23/h8,10-12,14,21,26,29H,2-7,9H2,1H3,(H,28,33)(H2,27,30,37)/t11-,12-,14-/m0/s1. The summed E-state index contributed by atoms with van der Waals surface area (Å²) in [7, 11) is -2.40. The summed E-state index contributed by atoms with van der Waals surface area (Å²) in [5.41, 5.74) is 6.14. The molecule has 2 aromatic heterocycles. The van der Waals surface area contributed by atoms with Crippen molar-refractivity contribution in [2.24, 2.45) is 18.9 Å². The molecule has 2 fully saturated rings. The average Bonchev–Trinajstić information content (AvgIpc) is 3.75. The number of alkyl halides is 3. The van der Waals surface area contributed by atoms with E-state index < -0.39 is 34.6 Å². The molecule has 0 radical (unpaired) electrons. The largest absolute Gasteiger partial charge is 0.415 e. The van der Waals surface area contributed by atoms with E-state index in [1.165, 1.54) is 29.1 Å². The van der Waals surface area contributed by atoms with Crippen LogP contribution in [0.2, 0.25) is 0 Å². The maximum atomic E-state index is 13.5. The molecule has 0 spiro atoms. The molecule has 3 aliphatic rings. The first-order valence-corrected chi connectivity index (χ1v) is 15.1. The van der Waals surface area contributed by atoms with Crippen LogP contribution >= 0.6 is 23.6 Å². The molecule has 3 atom stereocenters. The topological polar surface area (TPSA) is 138 Å². The van der Waals surface area contributed by atoms with Crippen molar-refractivity contribution in [3.8, 4) is 5.88 Å². The molecule has 39 heavy (non-hydrogen) atoms. The third kappa shape index (κ3) is 6.75. The summed E-state index contributed by atoms with van der Waals surface area (Å²) in [6.45, 7) is -2.67. The van der Waals surface area contributed by atoms with Gasteiger partial charge in [-0.15, -0.1) is 16.4 Å². The molecule has 2 heterocycles. The number of hydrogen-bond donors (Lipinski definition) is 5. The number of ether oxygens (including phenoxy) is 1. The van der Waals surface area contributed by atoms with Crippen molar-refractivity contribution in [1.82, 2.24) is 25.2 Å². The molecular weight excluding hydrogens is 579 g/mol. The number of amides is 1. The minimum Gasteiger partial charge on any atom is -0.415 e. The number of carbonyl (C=O) groups is 1. The Hall–Kier alpha value is -2.63. The molecule has 214 valence electrons. The summed E-state index contributed by atoms with van der Waals surface area (Å²) in [5.74, 6) is -0.886. The fraction of sp³-hybridized carbons (Fsp3) is 0.591. The summed E-state index contributed by atoms with van der Waals surface area (Å²) in [6, 6.07) is 1.05. The van der Waals surface area contributed by atoms with Crippen molar-refractivity contribution in [2.45, 2.75) is 62.2 Å². The zero-order valence-corrected chi connectivity index (χ0v) is 23.2. The van der Waals surface area contributed by atoms with Gasteiger partial charge in [-0.2, -0.15) is 8.78 Å². The molecule has 17 heteroatoms. The van der Waals surface area contributed by atoms with Crippen LogP contribution in [0.25, 0.3) is 0 Å². The number of fused-ring (bicyclic) bond motifs is 1. The summed E-state index contributed by atoms with van der Waals surface area (Å²) < 4.78 is 73.3. The lowest BCUT2D eigenvalue weighted by Gasteiger charge is -2.25. The molecular formula is C22H28F3N7O4S3. The number of nitrogens with zero attached hydrogens (tertiary/aromatic N) is 2. The summed E-state index contributed by atoms with van der Waals surface area (Å²) in [5, 5.41) is 10.0. The molecule has 1 amide bonds. The molecule has 0 unspecified atom stereocenters. The number of thiocarbonyl (C=S) groups is 1. The van der Waals surface area contributed by atoms with Crippen molar-refractivity contribution < 1.29 is 31.1 Å². The van der Waals surface area contributed by atoms with Crippen LogP contribution in [0.5, 0.6) is 5.88 Å². The fourth-order valence-electron chi connectivity index (χ4n) is 4.36. The first-order chi connectivity index (χ1) is 18.5. The number of carbonyl (C=O) groups excluding carboxylic acids is 1. The van der Waals surface area contributed by atoms with E-state index in [9.17, 15) is 26.4 Å². The highest BCUT2D eigenvalue weighted by molar-refractivity contribution is 7.90. The monoisotopic (exact) mass is 607 g/mol. The van der Waals surface area contributed by atoms with Gasteiger partial charge in [-0.1, -0.05) is 0 Å². The van der Waals surface area contributed by atoms with Gasteiger partial charge in [0.1, 0.15) is 21.9 Å². The molecule has 2 saturated carbocycles. The molecule has 3 aliphatic carbocycles. The van der Waals surface area contributed by atoms with Gasteiger partial charge >= 0.3 is 6.61 Å². The van der Waals surface area contributed by atoms with Crippen LogP contribution in [0.4, 0.5) is 24.0 Å². The number of sulfonamides is 1. The predicted molar refractivity (Wildman–Crippen MR) is 142 cm³/mol. The number of aromatic nitrogens is 2. The van der Waals surface area contributed by atoms with Gasteiger partial charge in [0.05, 0.1) is 5.92 Å². The summed E-state index contributed by atoms with van der Waals surface area (Å²) in [6.07, 6.45) is 2.41. The molecule has 5 N–H and O–H groups in total. The zero-order chi connectivity index (χ0) is 27.9. The first-order valence-electron chi connectivity index (χ1n) is 12.4. The number of nitrogens with one attached hydrogen (secondary N) is 5. The van der Waals surface area contributed by atoms with Crippen molar-refractivity contribution >= 4 is 55.4 Å². The summed E-state index contributed by atoms with van der Waals surface area (Å²) >= 11 is 6.57. The highest BCUT2D eigenvalue weighted by Crippen LogP contribution is 2.43. The number of anilines is 2. The minimum absolute atomic E-state index is 0.0394. The van der Waals surface area contributed by atoms with E-state index in [2.05, 4.69) is 36.0 Å². The Balaban J connectivity index is 1.26. The normalized spacial score (nSPS) is 22.2. The van der Waals surface area contributed by atoms with Gasteiger partial charge in [0, 0.05) is 30.6 Å². The molecule has 2 aromatic rings. The second-order valence-electron chi connectivity index (χ2n) is 9.84. The third-order valence-electron chi connectivity index (χ3n) is 6.73. The Morgan fingerprint density at radius 1 is 1.33 bits per heavy atom. The number of hydrogen-bond acceptors (Lipinski definition) is 8. The lowest BCUT2D eigenvalue weighted by Crippen LogP contribution is -2.46. The van der Waals surface area contributed by atoms with E-state index in [0.717, 1.165) is 17.7 Å². The molecule has 0 saturated heterocycles. The van der Waals surface area contributed by atoms with Crippen molar-refractivity contribution in [2.75, 3.05) is 17.3 Å². The SMILES string of the molecule is Cn1nc(OC(F)F)cc1NNC(=S)N[C@H]1CCc2sc(NC(=O)[C@H]3C[C@@H]3F)c(S(=O)(=O)NCC3CC3)c2C1. The van der Waals surface area contributed by atoms with Crippen molar-refractivity contribution in [3.05, 3.63) is 16.5 Å². The van der Waals surface area contributed by atoms with E-state index in [1.807, 2.05) is 0 Å². The van der Waals surface area contributed by atoms with Crippen LogP contribution in [0.1, 0.15) is 36.1 Å². The number of thiophene rings is 1. The lowest BCUT2D eigenvalue weighted by molar-refractivity contribution is -0.117. The number of hydrazine groups is 1. The van der Waals surface area contributed by atoms with E-state index in [1.54, 1.807) is 0 Å². The van der Waals surface area contributed by atoms with Crippen LogP contribution in [-0.2, 0) is 34.7 Å². The molecule has 0 bridgehead atoms. The lowest BCUT2D eigenvalue weighted by atomic mass is 9.94. The van der Waals surface area contributed by atoms with Crippen LogP contribution in [0.15, 0.2) is 11.0 Å². The van der Waals surface area contributed by atoms with Gasteiger partial charge in [0.2, 0.25) is 21.8 Å². The number of halogens is 3. The maximum absolute atomic E-state index is 13.5. The molecule has 5 rings (SSSR count). The van der Waals surface area contributed by atoms with Crippen molar-refractivity contribution in [3.63, 3.8) is 0 Å². The predicted octanol–water partition coefficient (Wildman–Crippen LogP) is 2.42. The van der Waals surface area contributed by atoms with Crippen LogP contribution in [0.3, 0.4) is 0 Å². The minimum atomic E-state index is -3.93. The zero-order valence-electron chi connectivity index (χ0n) is 20.8.